The lowest BCUT2D eigenvalue weighted by atomic mass is 9.95. The maximum atomic E-state index is 11.1. The SMILES string of the molecule is CCOc1nc2c(C)cc(O[C@H]3CC[C@H](OC[C@H](C)NC(C)=O)CC3)nc2s1. The number of amides is 1. The number of ether oxygens (including phenoxy) is 3. The van der Waals surface area contributed by atoms with Gasteiger partial charge in [-0.25, -0.2) is 9.97 Å². The molecule has 7 nitrogen and oxygen atoms in total. The van der Waals surface area contributed by atoms with Crippen LogP contribution in [0.5, 0.6) is 11.1 Å². The minimum absolute atomic E-state index is 0.0257. The van der Waals surface area contributed by atoms with E-state index in [-0.39, 0.29) is 24.2 Å². The molecule has 0 saturated heterocycles. The summed E-state index contributed by atoms with van der Waals surface area (Å²) >= 11 is 1.45. The molecule has 0 aromatic carbocycles. The third-order valence-electron chi connectivity index (χ3n) is 4.72. The normalized spacial score (nSPS) is 20.7. The number of hydrogen-bond acceptors (Lipinski definition) is 7. The van der Waals surface area contributed by atoms with Crippen LogP contribution in [0.1, 0.15) is 52.0 Å². The molecule has 3 rings (SSSR count). The fourth-order valence-electron chi connectivity index (χ4n) is 3.41. The first-order valence-corrected chi connectivity index (χ1v) is 10.7. The summed E-state index contributed by atoms with van der Waals surface area (Å²) in [6, 6.07) is 1.99. The summed E-state index contributed by atoms with van der Waals surface area (Å²) in [7, 11) is 0. The Bertz CT molecular complexity index is 802. The second kappa shape index (κ2) is 9.52. The number of pyridine rings is 1. The maximum absolute atomic E-state index is 11.1. The van der Waals surface area contributed by atoms with E-state index in [0.717, 1.165) is 41.6 Å². The van der Waals surface area contributed by atoms with Crippen LogP contribution in [0.3, 0.4) is 0 Å². The predicted octanol–water partition coefficient (Wildman–Crippen LogP) is 3.63. The van der Waals surface area contributed by atoms with E-state index in [2.05, 4.69) is 15.3 Å². The second-order valence-corrected chi connectivity index (χ2v) is 8.24. The van der Waals surface area contributed by atoms with Gasteiger partial charge in [-0.1, -0.05) is 11.3 Å². The topological polar surface area (TPSA) is 82.6 Å². The molecule has 1 N–H and O–H groups in total. The molecule has 0 aliphatic heterocycles. The summed E-state index contributed by atoms with van der Waals surface area (Å²) in [4.78, 5) is 21.0. The molecular formula is C20H29N3O4S. The summed E-state index contributed by atoms with van der Waals surface area (Å²) < 4.78 is 17.6. The highest BCUT2D eigenvalue weighted by molar-refractivity contribution is 7.19. The van der Waals surface area contributed by atoms with Crippen LogP contribution in [-0.2, 0) is 9.53 Å². The Morgan fingerprint density at radius 2 is 2.00 bits per heavy atom. The molecular weight excluding hydrogens is 378 g/mol. The third-order valence-corrected chi connectivity index (χ3v) is 5.58. The molecule has 28 heavy (non-hydrogen) atoms. The molecule has 154 valence electrons. The van der Waals surface area contributed by atoms with Gasteiger partial charge in [0.25, 0.3) is 5.19 Å². The van der Waals surface area contributed by atoms with E-state index in [1.165, 1.54) is 18.3 Å². The van der Waals surface area contributed by atoms with Gasteiger partial charge >= 0.3 is 0 Å². The van der Waals surface area contributed by atoms with Gasteiger partial charge in [0.1, 0.15) is 11.6 Å². The Morgan fingerprint density at radius 1 is 1.29 bits per heavy atom. The summed E-state index contributed by atoms with van der Waals surface area (Å²) in [5.41, 5.74) is 1.93. The average Bonchev–Trinajstić information content (AvgIpc) is 3.04. The van der Waals surface area contributed by atoms with Crippen LogP contribution in [0.4, 0.5) is 0 Å². The van der Waals surface area contributed by atoms with E-state index >= 15 is 0 Å². The van der Waals surface area contributed by atoms with Crippen LogP contribution in [0.15, 0.2) is 6.07 Å². The van der Waals surface area contributed by atoms with Gasteiger partial charge in [0.15, 0.2) is 4.83 Å². The van der Waals surface area contributed by atoms with Gasteiger partial charge in [0.2, 0.25) is 11.8 Å². The van der Waals surface area contributed by atoms with Crippen LogP contribution < -0.4 is 14.8 Å². The van der Waals surface area contributed by atoms with Gasteiger partial charge in [0.05, 0.1) is 19.3 Å². The molecule has 2 aromatic heterocycles. The highest BCUT2D eigenvalue weighted by Crippen LogP contribution is 2.32. The summed E-state index contributed by atoms with van der Waals surface area (Å²) in [5, 5.41) is 3.49. The number of aromatic nitrogens is 2. The van der Waals surface area contributed by atoms with E-state index in [1.54, 1.807) is 0 Å². The van der Waals surface area contributed by atoms with Gasteiger partial charge in [-0.05, 0) is 52.0 Å². The smallest absolute Gasteiger partial charge is 0.275 e. The van der Waals surface area contributed by atoms with Crippen molar-refractivity contribution in [2.24, 2.45) is 0 Å². The fourth-order valence-corrected chi connectivity index (χ4v) is 4.33. The van der Waals surface area contributed by atoms with Crippen molar-refractivity contribution in [3.63, 3.8) is 0 Å². The maximum Gasteiger partial charge on any atom is 0.275 e. The third kappa shape index (κ3) is 5.54. The number of nitrogens with zero attached hydrogens (tertiary/aromatic N) is 2. The van der Waals surface area contributed by atoms with Crippen molar-refractivity contribution < 1.29 is 19.0 Å². The minimum atomic E-state index is -0.0257. The first-order valence-electron chi connectivity index (χ1n) is 9.91. The number of thiazole rings is 1. The van der Waals surface area contributed by atoms with E-state index < -0.39 is 0 Å². The molecule has 1 saturated carbocycles. The highest BCUT2D eigenvalue weighted by Gasteiger charge is 2.24. The van der Waals surface area contributed by atoms with E-state index in [9.17, 15) is 4.79 Å². The Labute approximate surface area is 169 Å². The first-order chi connectivity index (χ1) is 13.4. The summed E-state index contributed by atoms with van der Waals surface area (Å²) in [6.07, 6.45) is 4.15. The number of nitrogens with one attached hydrogen (secondary N) is 1. The van der Waals surface area contributed by atoms with Crippen molar-refractivity contribution >= 4 is 27.6 Å². The van der Waals surface area contributed by atoms with Crippen molar-refractivity contribution in [1.29, 1.82) is 0 Å². The Balaban J connectivity index is 1.51. The van der Waals surface area contributed by atoms with E-state index in [4.69, 9.17) is 14.2 Å². The van der Waals surface area contributed by atoms with Crippen LogP contribution in [0, 0.1) is 6.92 Å². The molecule has 0 radical (unpaired) electrons. The molecule has 1 aliphatic carbocycles. The van der Waals surface area contributed by atoms with Crippen molar-refractivity contribution in [2.75, 3.05) is 13.2 Å². The first kappa shape index (κ1) is 20.8. The summed E-state index contributed by atoms with van der Waals surface area (Å²) in [5.74, 6) is 0.627. The highest BCUT2D eigenvalue weighted by atomic mass is 32.1. The van der Waals surface area contributed by atoms with E-state index in [1.807, 2.05) is 26.8 Å². The number of aryl methyl sites for hydroxylation is 1. The zero-order valence-electron chi connectivity index (χ0n) is 17.0. The average molecular weight is 408 g/mol. The number of rotatable bonds is 8. The van der Waals surface area contributed by atoms with Gasteiger partial charge in [0, 0.05) is 19.0 Å². The molecule has 1 atom stereocenters. The zero-order chi connectivity index (χ0) is 20.1. The molecule has 2 heterocycles. The van der Waals surface area contributed by atoms with Crippen molar-refractivity contribution in [1.82, 2.24) is 15.3 Å². The molecule has 2 aromatic rings. The van der Waals surface area contributed by atoms with Crippen molar-refractivity contribution in [2.45, 2.75) is 71.6 Å². The van der Waals surface area contributed by atoms with Gasteiger partial charge < -0.3 is 19.5 Å². The quantitative estimate of drug-likeness (QED) is 0.720. The monoisotopic (exact) mass is 407 g/mol. The number of fused-ring (bicyclic) bond motifs is 1. The molecule has 0 bridgehead atoms. The van der Waals surface area contributed by atoms with Gasteiger partial charge in [-0.15, -0.1) is 0 Å². The van der Waals surface area contributed by atoms with Crippen LogP contribution in [-0.4, -0.2) is 47.3 Å². The Kier molecular flexibility index (Phi) is 7.07. The lowest BCUT2D eigenvalue weighted by Gasteiger charge is -2.29. The Morgan fingerprint density at radius 3 is 2.68 bits per heavy atom. The van der Waals surface area contributed by atoms with Crippen LogP contribution >= 0.6 is 11.3 Å². The fraction of sp³-hybridized carbons (Fsp3) is 0.650. The lowest BCUT2D eigenvalue weighted by Crippen LogP contribution is -2.36. The molecule has 0 unspecified atom stereocenters. The standard InChI is InChI=1S/C20H29N3O4S/c1-5-25-20-23-18-12(2)10-17(22-19(18)28-20)27-16-8-6-15(7-9-16)26-11-13(3)21-14(4)24/h10,13,15-16H,5-9,11H2,1-4H3,(H,21,24)/t13-,15-,16-/m0/s1. The predicted molar refractivity (Wildman–Crippen MR) is 109 cm³/mol. The molecule has 8 heteroatoms. The van der Waals surface area contributed by atoms with Crippen LogP contribution in [0.25, 0.3) is 10.3 Å². The zero-order valence-corrected chi connectivity index (χ0v) is 17.8. The molecule has 0 spiro atoms. The lowest BCUT2D eigenvalue weighted by molar-refractivity contribution is -0.120. The minimum Gasteiger partial charge on any atom is -0.474 e. The molecule has 1 amide bonds. The number of hydrogen-bond donors (Lipinski definition) is 1. The van der Waals surface area contributed by atoms with Crippen LogP contribution in [0.2, 0.25) is 0 Å². The second-order valence-electron chi connectivity index (χ2n) is 7.30. The van der Waals surface area contributed by atoms with Crippen molar-refractivity contribution in [3.05, 3.63) is 11.6 Å². The van der Waals surface area contributed by atoms with Gasteiger partial charge in [-0.2, -0.15) is 0 Å². The number of carbonyl (C=O) groups is 1. The van der Waals surface area contributed by atoms with E-state index in [0.29, 0.717) is 24.3 Å². The molecule has 1 aliphatic rings. The molecule has 1 fully saturated rings. The van der Waals surface area contributed by atoms with Gasteiger partial charge in [-0.3, -0.25) is 4.79 Å². The largest absolute Gasteiger partial charge is 0.474 e. The summed E-state index contributed by atoms with van der Waals surface area (Å²) in [6.45, 7) is 8.58. The number of carbonyl (C=O) groups excluding carboxylic acids is 1. The van der Waals surface area contributed by atoms with Crippen molar-refractivity contribution in [3.8, 4) is 11.1 Å². The Hall–Kier alpha value is -1.93.